The normalized spacial score (nSPS) is 16.0. The lowest BCUT2D eigenvalue weighted by molar-refractivity contribution is -0.136. The van der Waals surface area contributed by atoms with E-state index in [4.69, 9.17) is 9.47 Å². The number of ether oxygens (including phenoxy) is 2. The number of hydrogen-bond acceptors (Lipinski definition) is 3. The van der Waals surface area contributed by atoms with Gasteiger partial charge in [0.1, 0.15) is 11.6 Å². The lowest BCUT2D eigenvalue weighted by atomic mass is 9.73. The number of halogens is 1. The molecule has 0 bridgehead atoms. The molecular weight excluding hydrogens is 345 g/mol. The van der Waals surface area contributed by atoms with Crippen LogP contribution < -0.4 is 10.1 Å². The first-order chi connectivity index (χ1) is 13.1. The number of rotatable bonds is 6. The van der Waals surface area contributed by atoms with Crippen LogP contribution in [0, 0.1) is 11.2 Å². The molecule has 0 aromatic heterocycles. The van der Waals surface area contributed by atoms with Crippen molar-refractivity contribution in [2.75, 3.05) is 26.9 Å². The summed E-state index contributed by atoms with van der Waals surface area (Å²) in [6.07, 6.45) is 1.93. The van der Waals surface area contributed by atoms with Gasteiger partial charge in [-0.15, -0.1) is 0 Å². The minimum Gasteiger partial charge on any atom is -0.496 e. The van der Waals surface area contributed by atoms with E-state index in [1.807, 2.05) is 31.2 Å². The fraction of sp³-hybridized carbons (Fsp3) is 0.409. The first kappa shape index (κ1) is 19.4. The molecule has 0 atom stereocenters. The number of nitrogens with one attached hydrogen (secondary N) is 1. The van der Waals surface area contributed by atoms with Crippen LogP contribution in [-0.2, 0) is 16.0 Å². The molecule has 3 rings (SSSR count). The van der Waals surface area contributed by atoms with Gasteiger partial charge in [0.25, 0.3) is 0 Å². The molecule has 2 aromatic carbocycles. The van der Waals surface area contributed by atoms with E-state index in [1.165, 1.54) is 12.1 Å². The quantitative estimate of drug-likeness (QED) is 0.836. The Morgan fingerprint density at radius 1 is 1.19 bits per heavy atom. The van der Waals surface area contributed by atoms with E-state index in [0.717, 1.165) is 11.1 Å². The summed E-state index contributed by atoms with van der Waals surface area (Å²) in [5.41, 5.74) is 2.09. The van der Waals surface area contributed by atoms with Crippen molar-refractivity contribution in [1.29, 1.82) is 0 Å². The molecule has 0 unspecified atom stereocenters. The van der Waals surface area contributed by atoms with Crippen molar-refractivity contribution >= 4 is 5.91 Å². The third-order valence-corrected chi connectivity index (χ3v) is 5.27. The Kier molecular flexibility index (Phi) is 6.11. The zero-order valence-electron chi connectivity index (χ0n) is 15.9. The molecule has 1 saturated heterocycles. The summed E-state index contributed by atoms with van der Waals surface area (Å²) < 4.78 is 24.9. The van der Waals surface area contributed by atoms with Crippen LogP contribution in [0.25, 0.3) is 11.1 Å². The fourth-order valence-corrected chi connectivity index (χ4v) is 3.79. The maximum Gasteiger partial charge on any atom is 0.226 e. The zero-order chi connectivity index (χ0) is 19.3. The zero-order valence-corrected chi connectivity index (χ0v) is 15.9. The molecule has 0 aliphatic carbocycles. The van der Waals surface area contributed by atoms with Gasteiger partial charge >= 0.3 is 0 Å². The maximum atomic E-state index is 13.9. The van der Waals surface area contributed by atoms with E-state index < -0.39 is 5.41 Å². The minimum atomic E-state index is -0.509. The summed E-state index contributed by atoms with van der Waals surface area (Å²) in [5, 5.41) is 2.99. The average molecular weight is 371 g/mol. The van der Waals surface area contributed by atoms with E-state index in [-0.39, 0.29) is 11.7 Å². The molecule has 27 heavy (non-hydrogen) atoms. The summed E-state index contributed by atoms with van der Waals surface area (Å²) in [5.74, 6) is 0.363. The molecule has 144 valence electrons. The van der Waals surface area contributed by atoms with Gasteiger partial charge in [0.2, 0.25) is 5.91 Å². The van der Waals surface area contributed by atoms with Crippen molar-refractivity contribution in [1.82, 2.24) is 5.32 Å². The molecule has 1 N–H and O–H groups in total. The maximum absolute atomic E-state index is 13.9. The molecule has 1 amide bonds. The first-order valence-corrected chi connectivity index (χ1v) is 9.37. The molecule has 1 aliphatic heterocycles. The molecule has 0 spiro atoms. The van der Waals surface area contributed by atoms with Crippen molar-refractivity contribution in [3.05, 3.63) is 53.8 Å². The predicted octanol–water partition coefficient (Wildman–Crippen LogP) is 3.98. The van der Waals surface area contributed by atoms with Gasteiger partial charge in [-0.05, 0) is 55.5 Å². The van der Waals surface area contributed by atoms with Gasteiger partial charge in [0.15, 0.2) is 0 Å². The first-order valence-electron chi connectivity index (χ1n) is 9.37. The Hall–Kier alpha value is -2.40. The summed E-state index contributed by atoms with van der Waals surface area (Å²) in [6, 6.07) is 12.4. The van der Waals surface area contributed by atoms with Gasteiger partial charge in [-0.1, -0.05) is 24.3 Å². The molecular formula is C22H26FNO3. The molecule has 1 fully saturated rings. The number of benzene rings is 2. The highest BCUT2D eigenvalue weighted by Gasteiger charge is 2.40. The Bertz CT molecular complexity index is 800. The van der Waals surface area contributed by atoms with Crippen LogP contribution in [0.3, 0.4) is 0 Å². The van der Waals surface area contributed by atoms with E-state index in [1.54, 1.807) is 13.2 Å². The van der Waals surface area contributed by atoms with E-state index in [9.17, 15) is 9.18 Å². The van der Waals surface area contributed by atoms with Crippen LogP contribution in [0.5, 0.6) is 5.75 Å². The van der Waals surface area contributed by atoms with Gasteiger partial charge < -0.3 is 14.8 Å². The number of amides is 1. The van der Waals surface area contributed by atoms with Gasteiger partial charge in [-0.25, -0.2) is 4.39 Å². The SMILES string of the molecule is CCNC(=O)C1(Cc2ccccc2-c2cc(F)ccc2OC)CCOCC1. The van der Waals surface area contributed by atoms with E-state index >= 15 is 0 Å². The van der Waals surface area contributed by atoms with Gasteiger partial charge in [-0.2, -0.15) is 0 Å². The van der Waals surface area contributed by atoms with Crippen molar-refractivity contribution in [2.45, 2.75) is 26.2 Å². The standard InChI is InChI=1S/C22H26FNO3/c1-3-24-21(25)22(10-12-27-13-11-22)15-16-6-4-5-7-18(16)19-14-17(23)8-9-20(19)26-2/h4-9,14H,3,10-13,15H2,1-2H3,(H,24,25). The largest absolute Gasteiger partial charge is 0.496 e. The fourth-order valence-electron chi connectivity index (χ4n) is 3.79. The lowest BCUT2D eigenvalue weighted by Crippen LogP contribution is -2.46. The number of carbonyl (C=O) groups is 1. The highest BCUT2D eigenvalue weighted by molar-refractivity contribution is 5.84. The second-order valence-electron chi connectivity index (χ2n) is 6.93. The molecule has 0 radical (unpaired) electrons. The van der Waals surface area contributed by atoms with E-state index in [2.05, 4.69) is 5.32 Å². The molecule has 5 heteroatoms. The highest BCUT2D eigenvalue weighted by atomic mass is 19.1. The van der Waals surface area contributed by atoms with E-state index in [0.29, 0.717) is 50.3 Å². The Morgan fingerprint density at radius 2 is 1.93 bits per heavy atom. The van der Waals surface area contributed by atoms with Crippen molar-refractivity contribution in [3.8, 4) is 16.9 Å². The van der Waals surface area contributed by atoms with Crippen molar-refractivity contribution in [2.24, 2.45) is 5.41 Å². The average Bonchev–Trinajstić information content (AvgIpc) is 2.69. The lowest BCUT2D eigenvalue weighted by Gasteiger charge is -2.36. The van der Waals surface area contributed by atoms with Crippen LogP contribution in [0.2, 0.25) is 0 Å². The van der Waals surface area contributed by atoms with Crippen LogP contribution in [-0.4, -0.2) is 32.8 Å². The second-order valence-corrected chi connectivity index (χ2v) is 6.93. The summed E-state index contributed by atoms with van der Waals surface area (Å²) >= 11 is 0. The predicted molar refractivity (Wildman–Crippen MR) is 103 cm³/mol. The van der Waals surface area contributed by atoms with Crippen molar-refractivity contribution < 1.29 is 18.7 Å². The topological polar surface area (TPSA) is 47.6 Å². The molecule has 0 saturated carbocycles. The van der Waals surface area contributed by atoms with Crippen LogP contribution >= 0.6 is 0 Å². The monoisotopic (exact) mass is 371 g/mol. The highest BCUT2D eigenvalue weighted by Crippen LogP contribution is 2.39. The summed E-state index contributed by atoms with van der Waals surface area (Å²) in [7, 11) is 1.58. The summed E-state index contributed by atoms with van der Waals surface area (Å²) in [4.78, 5) is 12.9. The third kappa shape index (κ3) is 4.14. The summed E-state index contributed by atoms with van der Waals surface area (Å²) in [6.45, 7) is 3.67. The smallest absolute Gasteiger partial charge is 0.226 e. The Labute approximate surface area is 159 Å². The van der Waals surface area contributed by atoms with Gasteiger partial charge in [0.05, 0.1) is 12.5 Å². The van der Waals surface area contributed by atoms with Gasteiger partial charge in [0, 0.05) is 25.3 Å². The second kappa shape index (κ2) is 8.53. The van der Waals surface area contributed by atoms with Gasteiger partial charge in [-0.3, -0.25) is 4.79 Å². The molecule has 1 aliphatic rings. The van der Waals surface area contributed by atoms with Crippen LogP contribution in [0.4, 0.5) is 4.39 Å². The molecule has 1 heterocycles. The molecule has 2 aromatic rings. The Morgan fingerprint density at radius 3 is 2.63 bits per heavy atom. The van der Waals surface area contributed by atoms with Crippen LogP contribution in [0.15, 0.2) is 42.5 Å². The third-order valence-electron chi connectivity index (χ3n) is 5.27. The Balaban J connectivity index is 2.03. The number of carbonyl (C=O) groups excluding carboxylic acids is 1. The number of hydrogen-bond donors (Lipinski definition) is 1. The van der Waals surface area contributed by atoms with Crippen molar-refractivity contribution in [3.63, 3.8) is 0 Å². The van der Waals surface area contributed by atoms with Crippen LogP contribution in [0.1, 0.15) is 25.3 Å². The number of methoxy groups -OCH3 is 1. The minimum absolute atomic E-state index is 0.0642. The molecule has 4 nitrogen and oxygen atoms in total.